The van der Waals surface area contributed by atoms with Crippen molar-refractivity contribution in [3.8, 4) is 17.2 Å². The molecule has 1 aromatic heterocycles. The van der Waals surface area contributed by atoms with Crippen molar-refractivity contribution in [2.75, 3.05) is 7.11 Å². The lowest BCUT2D eigenvalue weighted by Crippen LogP contribution is -2.06. The van der Waals surface area contributed by atoms with Crippen LogP contribution >= 0.6 is 0 Å². The Bertz CT molecular complexity index is 896. The van der Waals surface area contributed by atoms with Crippen LogP contribution in [-0.2, 0) is 4.74 Å². The highest BCUT2D eigenvalue weighted by Crippen LogP contribution is 2.33. The summed E-state index contributed by atoms with van der Waals surface area (Å²) in [5, 5.41) is 11.3. The molecule has 0 spiro atoms. The Morgan fingerprint density at radius 1 is 1.13 bits per heavy atom. The second kappa shape index (κ2) is 5.96. The van der Waals surface area contributed by atoms with Crippen molar-refractivity contribution >= 4 is 16.7 Å². The molecule has 0 atom stereocenters. The summed E-state index contributed by atoms with van der Waals surface area (Å²) < 4.78 is 18.0. The van der Waals surface area contributed by atoms with Gasteiger partial charge in [-0.2, -0.15) is 0 Å². The van der Waals surface area contributed by atoms with Gasteiger partial charge in [0.15, 0.2) is 11.4 Å². The Labute approximate surface area is 134 Å². The summed E-state index contributed by atoms with van der Waals surface area (Å²) in [6, 6.07) is 14.3. The summed E-state index contributed by atoms with van der Waals surface area (Å²) in [5.41, 5.74) is 0.172. The van der Waals surface area contributed by atoms with Crippen molar-refractivity contribution < 1.29 is 20.7 Å². The minimum absolute atomic E-state index is 0.143. The number of aromatic hydroxyl groups is 1. The fourth-order valence-corrected chi connectivity index (χ4v) is 2.27. The van der Waals surface area contributed by atoms with Crippen LogP contribution in [0, 0.1) is 6.90 Å². The summed E-state index contributed by atoms with van der Waals surface area (Å²) in [5.74, 6) is 0.220. The van der Waals surface area contributed by atoms with Crippen molar-refractivity contribution in [2.24, 2.45) is 0 Å². The summed E-state index contributed by atoms with van der Waals surface area (Å²) in [6.45, 7) is -0.143. The first-order valence-corrected chi connectivity index (χ1v) is 6.90. The van der Waals surface area contributed by atoms with Gasteiger partial charge in [-0.3, -0.25) is 0 Å². The smallest absolute Gasteiger partial charge is 0.360 e. The Kier molecular flexibility index (Phi) is 3.52. The number of carbonyl (C=O) groups excluding carboxylic acids is 1. The van der Waals surface area contributed by atoms with E-state index in [0.717, 1.165) is 0 Å². The molecular formula is C18H15NO4. The standard InChI is InChI=1S/C18H15NO4/c1-11-15-10-13(23-12-6-4-3-5-7-12)8-9-14(15)17(20)16(19-11)18(21)22-2/h3-10,20H,1-2H3/i1D. The van der Waals surface area contributed by atoms with Crippen LogP contribution in [0.5, 0.6) is 17.2 Å². The number of carbonyl (C=O) groups is 1. The number of benzene rings is 2. The average molecular weight is 310 g/mol. The Balaban J connectivity index is 2.11. The third-order valence-electron chi connectivity index (χ3n) is 3.39. The largest absolute Gasteiger partial charge is 0.505 e. The van der Waals surface area contributed by atoms with Crippen LogP contribution in [0.1, 0.15) is 17.6 Å². The van der Waals surface area contributed by atoms with E-state index in [9.17, 15) is 9.90 Å². The van der Waals surface area contributed by atoms with Crippen molar-refractivity contribution in [1.82, 2.24) is 4.98 Å². The number of ether oxygens (including phenoxy) is 2. The second-order valence-electron chi connectivity index (χ2n) is 4.87. The fraction of sp³-hybridized carbons (Fsp3) is 0.111. The molecule has 3 rings (SSSR count). The van der Waals surface area contributed by atoms with E-state index in [1.807, 2.05) is 30.3 Å². The highest BCUT2D eigenvalue weighted by atomic mass is 16.5. The molecule has 0 unspecified atom stereocenters. The lowest BCUT2D eigenvalue weighted by molar-refractivity contribution is 0.0590. The number of esters is 1. The molecule has 3 aromatic rings. The van der Waals surface area contributed by atoms with E-state index in [2.05, 4.69) is 9.72 Å². The molecule has 2 aromatic carbocycles. The number of rotatable bonds is 3. The normalized spacial score (nSPS) is 11.1. The predicted molar refractivity (Wildman–Crippen MR) is 86.0 cm³/mol. The third kappa shape index (κ3) is 2.81. The first-order valence-electron chi connectivity index (χ1n) is 7.60. The van der Waals surface area contributed by atoms with E-state index in [1.165, 1.54) is 7.11 Å². The molecule has 0 saturated carbocycles. The number of aryl methyl sites for hydroxylation is 1. The van der Waals surface area contributed by atoms with Gasteiger partial charge in [-0.05, 0) is 37.2 Å². The molecule has 5 nitrogen and oxygen atoms in total. The molecule has 116 valence electrons. The zero-order chi connectivity index (χ0) is 17.1. The molecule has 0 aliphatic rings. The molecule has 1 N–H and O–H groups in total. The Morgan fingerprint density at radius 3 is 2.61 bits per heavy atom. The van der Waals surface area contributed by atoms with Crippen molar-refractivity contribution in [3.63, 3.8) is 0 Å². The molecule has 5 heteroatoms. The first-order chi connectivity index (χ1) is 11.6. The average Bonchev–Trinajstić information content (AvgIpc) is 2.62. The van der Waals surface area contributed by atoms with Crippen LogP contribution < -0.4 is 4.74 Å². The summed E-state index contributed by atoms with van der Waals surface area (Å²) >= 11 is 0. The Morgan fingerprint density at radius 2 is 1.91 bits per heavy atom. The van der Waals surface area contributed by atoms with Gasteiger partial charge >= 0.3 is 5.97 Å². The molecule has 0 aliphatic heterocycles. The molecule has 1 heterocycles. The molecular weight excluding hydrogens is 294 g/mol. The number of pyridine rings is 1. The molecule has 0 fully saturated rings. The lowest BCUT2D eigenvalue weighted by Gasteiger charge is -2.11. The quantitative estimate of drug-likeness (QED) is 0.745. The predicted octanol–water partition coefficient (Wildman–Crippen LogP) is 3.83. The zero-order valence-corrected chi connectivity index (χ0v) is 12.4. The van der Waals surface area contributed by atoms with Gasteiger partial charge in [0.2, 0.25) is 0 Å². The number of methoxy groups -OCH3 is 1. The number of fused-ring (bicyclic) bond motifs is 1. The topological polar surface area (TPSA) is 68.7 Å². The van der Waals surface area contributed by atoms with Gasteiger partial charge in [0.1, 0.15) is 11.5 Å². The van der Waals surface area contributed by atoms with Crippen molar-refractivity contribution in [3.05, 3.63) is 59.9 Å². The van der Waals surface area contributed by atoms with Gasteiger partial charge < -0.3 is 14.6 Å². The molecule has 23 heavy (non-hydrogen) atoms. The Hall–Kier alpha value is -3.08. The van der Waals surface area contributed by atoms with Gasteiger partial charge in [0.25, 0.3) is 0 Å². The highest BCUT2D eigenvalue weighted by molar-refractivity contribution is 6.00. The molecule has 0 aliphatic carbocycles. The molecule has 0 saturated heterocycles. The number of nitrogens with zero attached hydrogens (tertiary/aromatic N) is 1. The first kappa shape index (κ1) is 13.6. The number of para-hydroxylation sites is 1. The highest BCUT2D eigenvalue weighted by Gasteiger charge is 2.18. The number of hydrogen-bond donors (Lipinski definition) is 1. The van der Waals surface area contributed by atoms with Crippen molar-refractivity contribution in [1.29, 1.82) is 0 Å². The number of aromatic nitrogens is 1. The minimum Gasteiger partial charge on any atom is -0.505 e. The van der Waals surface area contributed by atoms with E-state index in [1.54, 1.807) is 18.2 Å². The van der Waals surface area contributed by atoms with Crippen LogP contribution in [0.15, 0.2) is 48.5 Å². The van der Waals surface area contributed by atoms with Crippen LogP contribution in [0.4, 0.5) is 0 Å². The summed E-state index contributed by atoms with van der Waals surface area (Å²) in [4.78, 5) is 15.8. The van der Waals surface area contributed by atoms with Crippen LogP contribution in [0.3, 0.4) is 0 Å². The van der Waals surface area contributed by atoms with Gasteiger partial charge in [-0.1, -0.05) is 18.2 Å². The maximum Gasteiger partial charge on any atom is 0.360 e. The van der Waals surface area contributed by atoms with Crippen LogP contribution in [0.2, 0.25) is 0 Å². The molecule has 0 amide bonds. The monoisotopic (exact) mass is 310 g/mol. The summed E-state index contributed by atoms with van der Waals surface area (Å²) in [7, 11) is 1.21. The zero-order valence-electron chi connectivity index (χ0n) is 13.4. The van der Waals surface area contributed by atoms with Gasteiger partial charge in [-0.25, -0.2) is 9.78 Å². The van der Waals surface area contributed by atoms with Gasteiger partial charge in [-0.15, -0.1) is 0 Å². The van der Waals surface area contributed by atoms with Gasteiger partial charge in [0, 0.05) is 17.8 Å². The third-order valence-corrected chi connectivity index (χ3v) is 3.39. The van der Waals surface area contributed by atoms with Crippen molar-refractivity contribution in [2.45, 2.75) is 6.90 Å². The SMILES string of the molecule is [2H]Cc1nc(C(=O)OC)c(O)c2ccc(Oc3ccccc3)cc12. The fourth-order valence-electron chi connectivity index (χ4n) is 2.27. The minimum atomic E-state index is -0.742. The lowest BCUT2D eigenvalue weighted by atomic mass is 10.1. The maximum absolute atomic E-state index is 11.7. The maximum atomic E-state index is 11.7. The van der Waals surface area contributed by atoms with Gasteiger partial charge in [0.05, 0.1) is 7.11 Å². The second-order valence-corrected chi connectivity index (χ2v) is 4.87. The van der Waals surface area contributed by atoms with E-state index < -0.39 is 5.97 Å². The summed E-state index contributed by atoms with van der Waals surface area (Å²) in [6.07, 6.45) is 0. The molecule has 0 bridgehead atoms. The van der Waals surface area contributed by atoms with E-state index in [0.29, 0.717) is 28.0 Å². The number of hydrogen-bond acceptors (Lipinski definition) is 5. The van der Waals surface area contributed by atoms with E-state index in [-0.39, 0.29) is 18.3 Å². The van der Waals surface area contributed by atoms with Crippen LogP contribution in [-0.4, -0.2) is 23.2 Å². The van der Waals surface area contributed by atoms with E-state index in [4.69, 9.17) is 6.11 Å². The van der Waals surface area contributed by atoms with E-state index >= 15 is 0 Å². The van der Waals surface area contributed by atoms with Crippen LogP contribution in [0.25, 0.3) is 10.8 Å². The molecule has 0 radical (unpaired) electrons.